The Morgan fingerprint density at radius 2 is 1.63 bits per heavy atom. The molecule has 63 heavy (non-hydrogen) atoms. The molecule has 2 bridgehead atoms. The number of aliphatic hydroxyl groups is 4. The van der Waals surface area contributed by atoms with E-state index in [-0.39, 0.29) is 69.2 Å². The van der Waals surface area contributed by atoms with Gasteiger partial charge in [0.05, 0.1) is 31.0 Å². The minimum absolute atomic E-state index is 0.00551. The van der Waals surface area contributed by atoms with Crippen LogP contribution in [0.1, 0.15) is 125 Å². The lowest BCUT2D eigenvalue weighted by Gasteiger charge is -2.47. The van der Waals surface area contributed by atoms with Gasteiger partial charge in [-0.25, -0.2) is 9.59 Å². The Hall–Kier alpha value is -3.31. The van der Waals surface area contributed by atoms with Gasteiger partial charge >= 0.3 is 11.9 Å². The van der Waals surface area contributed by atoms with Crippen LogP contribution < -0.4 is 0 Å². The number of carbonyl (C=O) groups excluding carboxylic acids is 5. The SMILES string of the molecule is CO[C@H]1C[C@@H](C)C/C(C)=C/[C@@H](C/C=C/C(=O)OCCCCO)C(=O)C[C@H](O)[C@@H](C)[C@@H](/C(C)=C/[C@H]2CC[C@H](O)CC2)OC(=O)[C@@H]2CCCCN2C(=O)C(=O)[C@]2(O)O[C@H]1[C@@H](OC)C[C@H]2C. The van der Waals surface area contributed by atoms with Crippen LogP contribution in [0, 0.1) is 29.6 Å². The first-order valence-corrected chi connectivity index (χ1v) is 23.1. The second-order valence-electron chi connectivity index (χ2n) is 18.6. The fourth-order valence-corrected chi connectivity index (χ4v) is 9.71. The van der Waals surface area contributed by atoms with Crippen molar-refractivity contribution in [2.45, 2.75) is 173 Å². The highest BCUT2D eigenvalue weighted by molar-refractivity contribution is 6.39. The zero-order valence-electron chi connectivity index (χ0n) is 38.6. The first kappa shape index (κ1) is 52.3. The number of methoxy groups -OCH3 is 2. The van der Waals surface area contributed by atoms with Gasteiger partial charge in [-0.05, 0) is 115 Å². The van der Waals surface area contributed by atoms with Crippen molar-refractivity contribution in [3.8, 4) is 0 Å². The number of Topliss-reactive ketones (excluding diaryl/α,β-unsaturated/α-hetero) is 2. The molecule has 0 spiro atoms. The first-order valence-electron chi connectivity index (χ1n) is 23.1. The van der Waals surface area contributed by atoms with E-state index in [1.54, 1.807) is 26.8 Å². The third-order valence-electron chi connectivity index (χ3n) is 13.5. The summed E-state index contributed by atoms with van der Waals surface area (Å²) in [6.07, 6.45) is 7.72. The molecule has 1 amide bonds. The molecule has 0 aromatic heterocycles. The summed E-state index contributed by atoms with van der Waals surface area (Å²) >= 11 is 0. The summed E-state index contributed by atoms with van der Waals surface area (Å²) in [6.45, 7) is 9.24. The number of piperidine rings is 1. The number of rotatable bonds is 11. The van der Waals surface area contributed by atoms with E-state index in [0.717, 1.165) is 18.4 Å². The Bertz CT molecular complexity index is 1640. The van der Waals surface area contributed by atoms with E-state index in [4.69, 9.17) is 28.8 Å². The van der Waals surface area contributed by atoms with Crippen molar-refractivity contribution in [1.82, 2.24) is 4.90 Å². The van der Waals surface area contributed by atoms with E-state index < -0.39 is 83.7 Å². The molecule has 2 saturated heterocycles. The van der Waals surface area contributed by atoms with Crippen LogP contribution in [0.15, 0.2) is 35.5 Å². The molecule has 356 valence electrons. The number of fused-ring (bicyclic) bond motifs is 3. The second kappa shape index (κ2) is 24.8. The number of ether oxygens (including phenoxy) is 5. The van der Waals surface area contributed by atoms with Crippen molar-refractivity contribution in [3.05, 3.63) is 35.5 Å². The fourth-order valence-electron chi connectivity index (χ4n) is 9.71. The normalized spacial score (nSPS) is 37.1. The molecule has 3 fully saturated rings. The number of ketones is 2. The zero-order chi connectivity index (χ0) is 46.4. The molecule has 4 N–H and O–H groups in total. The molecule has 15 heteroatoms. The number of nitrogens with zero attached hydrogens (tertiary/aromatic N) is 1. The maximum Gasteiger partial charge on any atom is 0.330 e. The molecule has 0 aromatic carbocycles. The van der Waals surface area contributed by atoms with Crippen molar-refractivity contribution >= 4 is 29.4 Å². The molecule has 0 unspecified atom stereocenters. The molecular formula is C48H75NO14. The summed E-state index contributed by atoms with van der Waals surface area (Å²) in [5, 5.41) is 43.1. The number of amides is 1. The molecule has 3 heterocycles. The third-order valence-corrected chi connectivity index (χ3v) is 13.5. The Balaban J connectivity index is 1.76. The van der Waals surface area contributed by atoms with Crippen molar-refractivity contribution in [1.29, 1.82) is 0 Å². The molecular weight excluding hydrogens is 815 g/mol. The lowest BCUT2D eigenvalue weighted by atomic mass is 9.82. The van der Waals surface area contributed by atoms with Gasteiger partial charge in [-0.1, -0.05) is 44.6 Å². The maximum absolute atomic E-state index is 14.4. The summed E-state index contributed by atoms with van der Waals surface area (Å²) in [7, 11) is 3.01. The summed E-state index contributed by atoms with van der Waals surface area (Å²) < 4.78 is 29.5. The van der Waals surface area contributed by atoms with Gasteiger partial charge in [-0.15, -0.1) is 0 Å². The first-order chi connectivity index (χ1) is 29.9. The number of aliphatic hydroxyl groups excluding tert-OH is 3. The molecule has 0 aromatic rings. The monoisotopic (exact) mass is 890 g/mol. The van der Waals surface area contributed by atoms with Crippen LogP contribution in [0.2, 0.25) is 0 Å². The number of hydrogen-bond acceptors (Lipinski definition) is 14. The number of hydrogen-bond donors (Lipinski definition) is 4. The Labute approximate surface area is 373 Å². The zero-order valence-corrected chi connectivity index (χ0v) is 38.6. The molecule has 15 nitrogen and oxygen atoms in total. The van der Waals surface area contributed by atoms with Crippen molar-refractivity contribution in [2.24, 2.45) is 29.6 Å². The van der Waals surface area contributed by atoms with Crippen LogP contribution >= 0.6 is 0 Å². The maximum atomic E-state index is 14.4. The van der Waals surface area contributed by atoms with Crippen molar-refractivity contribution in [2.75, 3.05) is 34.0 Å². The van der Waals surface area contributed by atoms with Gasteiger partial charge in [-0.3, -0.25) is 14.4 Å². The van der Waals surface area contributed by atoms with E-state index in [2.05, 4.69) is 0 Å². The molecule has 4 rings (SSSR count). The molecule has 4 aliphatic rings. The van der Waals surface area contributed by atoms with Gasteiger partial charge in [0, 0.05) is 57.6 Å². The van der Waals surface area contributed by atoms with Gasteiger partial charge in [0.2, 0.25) is 5.79 Å². The number of esters is 2. The minimum Gasteiger partial charge on any atom is -0.463 e. The van der Waals surface area contributed by atoms with Gasteiger partial charge in [-0.2, -0.15) is 0 Å². The van der Waals surface area contributed by atoms with E-state index in [9.17, 15) is 39.3 Å². The Kier molecular flexibility index (Phi) is 20.6. The standard InChI is InChI=1S/C48H75NO14/c1-29-23-30(2)25-40(59-6)44-41(60-7)27-32(4)48(58,63-44)45(55)46(56)49-20-9-8-14-37(49)47(57)62-43(31(3)26-34-16-18-36(51)19-17-34)33(5)38(52)28-39(53)35(24-29)13-12-15-42(54)61-22-11-10-21-50/h12,15,24,26,30,32-38,40-41,43-44,50-52,58H,8-11,13-14,16-23,25,27-28H2,1-7H3/b15-12+,29-24+,31-26+/t30-,32+,33+,34-,35+,36-,37-,38-,40-,41-,43+,44+,48+/m0/s1. The minimum atomic E-state index is -2.54. The number of unbranched alkanes of at least 4 members (excludes halogenated alkanes) is 1. The van der Waals surface area contributed by atoms with E-state index in [0.29, 0.717) is 56.9 Å². The molecule has 3 aliphatic heterocycles. The predicted octanol–water partition coefficient (Wildman–Crippen LogP) is 4.70. The van der Waals surface area contributed by atoms with Crippen LogP contribution in [0.25, 0.3) is 0 Å². The predicted molar refractivity (Wildman–Crippen MR) is 233 cm³/mol. The lowest BCUT2D eigenvalue weighted by molar-refractivity contribution is -0.302. The highest BCUT2D eigenvalue weighted by Gasteiger charge is 2.56. The van der Waals surface area contributed by atoms with Crippen molar-refractivity contribution < 1.29 is 68.1 Å². The largest absolute Gasteiger partial charge is 0.463 e. The van der Waals surface area contributed by atoms with Gasteiger partial charge in [0.15, 0.2) is 0 Å². The van der Waals surface area contributed by atoms with Crippen LogP contribution in [0.5, 0.6) is 0 Å². The third kappa shape index (κ3) is 14.3. The number of cyclic esters (lactones) is 1. The highest BCUT2D eigenvalue weighted by Crippen LogP contribution is 2.39. The lowest BCUT2D eigenvalue weighted by Crippen LogP contribution is -2.64. The van der Waals surface area contributed by atoms with Crippen LogP contribution in [0.3, 0.4) is 0 Å². The van der Waals surface area contributed by atoms with Gasteiger partial charge < -0.3 is 49.0 Å². The molecule has 0 radical (unpaired) electrons. The average Bonchev–Trinajstić information content (AvgIpc) is 3.26. The van der Waals surface area contributed by atoms with Gasteiger partial charge in [0.1, 0.15) is 24.0 Å². The summed E-state index contributed by atoms with van der Waals surface area (Å²) in [5.41, 5.74) is 1.52. The van der Waals surface area contributed by atoms with Gasteiger partial charge in [0.25, 0.3) is 11.7 Å². The second-order valence-corrected chi connectivity index (χ2v) is 18.6. The molecule has 1 saturated carbocycles. The van der Waals surface area contributed by atoms with Crippen molar-refractivity contribution in [3.63, 3.8) is 0 Å². The van der Waals surface area contributed by atoms with Crippen LogP contribution in [-0.4, -0.2) is 137 Å². The quantitative estimate of drug-likeness (QED) is 0.0728. The highest BCUT2D eigenvalue weighted by atomic mass is 16.7. The summed E-state index contributed by atoms with van der Waals surface area (Å²) in [4.78, 5) is 70.8. The molecule has 11 atom stereocenters. The topological polar surface area (TPSA) is 216 Å². The van der Waals surface area contributed by atoms with Crippen LogP contribution in [-0.2, 0) is 47.7 Å². The Morgan fingerprint density at radius 1 is 0.952 bits per heavy atom. The number of carbonyl (C=O) groups is 5. The smallest absolute Gasteiger partial charge is 0.330 e. The summed E-state index contributed by atoms with van der Waals surface area (Å²) in [6, 6.07) is -1.17. The number of allylic oxidation sites excluding steroid dienone is 4. The average molecular weight is 890 g/mol. The van der Waals surface area contributed by atoms with E-state index in [1.807, 2.05) is 26.0 Å². The Morgan fingerprint density at radius 3 is 2.30 bits per heavy atom. The van der Waals surface area contributed by atoms with Crippen LogP contribution in [0.4, 0.5) is 0 Å². The van der Waals surface area contributed by atoms with E-state index in [1.165, 1.54) is 25.2 Å². The summed E-state index contributed by atoms with van der Waals surface area (Å²) in [5.74, 6) is -8.81. The fraction of sp³-hybridized carbons (Fsp3) is 0.771. The molecule has 1 aliphatic carbocycles. The van der Waals surface area contributed by atoms with E-state index >= 15 is 0 Å².